The molecular formula is C17H20N2O2. The maximum Gasteiger partial charge on any atom is 0.223 e. The van der Waals surface area contributed by atoms with E-state index in [-0.39, 0.29) is 17.7 Å². The van der Waals surface area contributed by atoms with Gasteiger partial charge >= 0.3 is 0 Å². The summed E-state index contributed by atoms with van der Waals surface area (Å²) in [6.45, 7) is 1.91. The molecule has 2 aromatic rings. The first-order chi connectivity index (χ1) is 10.1. The number of aromatic hydroxyl groups is 1. The lowest BCUT2D eigenvalue weighted by molar-refractivity contribution is -0.131. The highest BCUT2D eigenvalue weighted by atomic mass is 16.3. The monoisotopic (exact) mass is 284 g/mol. The van der Waals surface area contributed by atoms with Gasteiger partial charge in [-0.1, -0.05) is 24.3 Å². The van der Waals surface area contributed by atoms with Gasteiger partial charge < -0.3 is 10.0 Å². The van der Waals surface area contributed by atoms with Gasteiger partial charge in [-0.3, -0.25) is 9.78 Å². The van der Waals surface area contributed by atoms with Crippen LogP contribution in [-0.2, 0) is 11.2 Å². The fraction of sp³-hybridized carbons (Fsp3) is 0.294. The zero-order chi connectivity index (χ0) is 15.2. The molecule has 1 N–H and O–H groups in total. The maximum atomic E-state index is 12.3. The number of para-hydroxylation sites is 1. The molecule has 1 unspecified atom stereocenters. The van der Waals surface area contributed by atoms with Gasteiger partial charge in [0.05, 0.1) is 6.04 Å². The van der Waals surface area contributed by atoms with Crippen LogP contribution in [0.4, 0.5) is 0 Å². The smallest absolute Gasteiger partial charge is 0.223 e. The highest BCUT2D eigenvalue weighted by Gasteiger charge is 2.19. The zero-order valence-electron chi connectivity index (χ0n) is 12.4. The quantitative estimate of drug-likeness (QED) is 0.918. The van der Waals surface area contributed by atoms with Crippen molar-refractivity contribution in [3.63, 3.8) is 0 Å². The van der Waals surface area contributed by atoms with Crippen LogP contribution in [-0.4, -0.2) is 27.9 Å². The normalized spacial score (nSPS) is 11.9. The van der Waals surface area contributed by atoms with E-state index in [0.29, 0.717) is 12.8 Å². The predicted molar refractivity (Wildman–Crippen MR) is 81.8 cm³/mol. The van der Waals surface area contributed by atoms with E-state index in [9.17, 15) is 9.90 Å². The molecule has 0 bridgehead atoms. The van der Waals surface area contributed by atoms with E-state index in [2.05, 4.69) is 4.98 Å². The van der Waals surface area contributed by atoms with Gasteiger partial charge in [-0.2, -0.15) is 0 Å². The average Bonchev–Trinajstić information content (AvgIpc) is 2.52. The van der Waals surface area contributed by atoms with Gasteiger partial charge in [-0.25, -0.2) is 0 Å². The van der Waals surface area contributed by atoms with Gasteiger partial charge in [0.2, 0.25) is 5.91 Å². The van der Waals surface area contributed by atoms with Gasteiger partial charge in [0, 0.05) is 31.4 Å². The second-order valence-electron chi connectivity index (χ2n) is 5.10. The Bertz CT molecular complexity index is 599. The summed E-state index contributed by atoms with van der Waals surface area (Å²) in [5, 5.41) is 9.87. The number of phenolic OH excluding ortho intramolecular Hbond substituents is 1. The molecule has 0 saturated heterocycles. The molecule has 21 heavy (non-hydrogen) atoms. The number of aromatic nitrogens is 1. The second kappa shape index (κ2) is 6.88. The van der Waals surface area contributed by atoms with Gasteiger partial charge in [-0.05, 0) is 31.0 Å². The third-order valence-corrected chi connectivity index (χ3v) is 3.71. The van der Waals surface area contributed by atoms with Crippen LogP contribution in [0.5, 0.6) is 5.75 Å². The van der Waals surface area contributed by atoms with Gasteiger partial charge in [-0.15, -0.1) is 0 Å². The summed E-state index contributed by atoms with van der Waals surface area (Å²) in [6, 6.07) is 10.8. The van der Waals surface area contributed by atoms with E-state index in [1.165, 1.54) is 0 Å². The number of phenols is 1. The number of aryl methyl sites for hydroxylation is 1. The summed E-state index contributed by atoms with van der Waals surface area (Å²) in [4.78, 5) is 18.0. The van der Waals surface area contributed by atoms with Crippen LogP contribution in [0, 0.1) is 0 Å². The molecule has 2 rings (SSSR count). The summed E-state index contributed by atoms with van der Waals surface area (Å²) in [7, 11) is 1.77. The van der Waals surface area contributed by atoms with Crippen molar-refractivity contribution in [2.45, 2.75) is 25.8 Å². The largest absolute Gasteiger partial charge is 0.508 e. The van der Waals surface area contributed by atoms with E-state index in [1.807, 2.05) is 31.2 Å². The SMILES string of the molecule is CC(c1ccccc1O)N(C)C(=O)CCc1cccnc1. The van der Waals surface area contributed by atoms with Crippen LogP contribution in [0.1, 0.15) is 30.5 Å². The number of rotatable bonds is 5. The number of nitrogens with zero attached hydrogens (tertiary/aromatic N) is 2. The minimum atomic E-state index is -0.160. The number of carbonyl (C=O) groups is 1. The van der Waals surface area contributed by atoms with Crippen LogP contribution in [0.2, 0.25) is 0 Å². The molecule has 0 radical (unpaired) electrons. The highest BCUT2D eigenvalue weighted by Crippen LogP contribution is 2.27. The van der Waals surface area contributed by atoms with Crippen molar-refractivity contribution in [3.8, 4) is 5.75 Å². The van der Waals surface area contributed by atoms with Crippen molar-refractivity contribution >= 4 is 5.91 Å². The van der Waals surface area contributed by atoms with Crippen molar-refractivity contribution in [2.24, 2.45) is 0 Å². The molecule has 0 aliphatic heterocycles. The molecule has 1 aromatic heterocycles. The minimum absolute atomic E-state index is 0.0506. The molecule has 1 amide bonds. The van der Waals surface area contributed by atoms with Crippen molar-refractivity contribution in [3.05, 3.63) is 59.9 Å². The van der Waals surface area contributed by atoms with E-state index < -0.39 is 0 Å². The van der Waals surface area contributed by atoms with Crippen LogP contribution in [0.15, 0.2) is 48.8 Å². The number of hydrogen-bond donors (Lipinski definition) is 1. The lowest BCUT2D eigenvalue weighted by atomic mass is 10.1. The van der Waals surface area contributed by atoms with E-state index in [0.717, 1.165) is 11.1 Å². The van der Waals surface area contributed by atoms with Crippen LogP contribution >= 0.6 is 0 Å². The van der Waals surface area contributed by atoms with Gasteiger partial charge in [0.15, 0.2) is 0 Å². The first kappa shape index (κ1) is 15.0. The second-order valence-corrected chi connectivity index (χ2v) is 5.10. The zero-order valence-corrected chi connectivity index (χ0v) is 12.4. The van der Waals surface area contributed by atoms with E-state index >= 15 is 0 Å². The third-order valence-electron chi connectivity index (χ3n) is 3.71. The van der Waals surface area contributed by atoms with Crippen molar-refractivity contribution in [1.82, 2.24) is 9.88 Å². The standard InChI is InChI=1S/C17H20N2O2/c1-13(15-7-3-4-8-16(15)20)19(2)17(21)10-9-14-6-5-11-18-12-14/h3-8,11-13,20H,9-10H2,1-2H3. The molecule has 0 spiro atoms. The van der Waals surface area contributed by atoms with Gasteiger partial charge in [0.25, 0.3) is 0 Å². The Morgan fingerprint density at radius 3 is 2.71 bits per heavy atom. The maximum absolute atomic E-state index is 12.3. The summed E-state index contributed by atoms with van der Waals surface area (Å²) < 4.78 is 0. The summed E-state index contributed by atoms with van der Waals surface area (Å²) in [6.07, 6.45) is 4.60. The van der Waals surface area contributed by atoms with Crippen LogP contribution in [0.25, 0.3) is 0 Å². The number of carbonyl (C=O) groups excluding carboxylic acids is 1. The lowest BCUT2D eigenvalue weighted by Crippen LogP contribution is -2.29. The predicted octanol–water partition coefficient (Wildman–Crippen LogP) is 2.94. The molecule has 1 aromatic carbocycles. The lowest BCUT2D eigenvalue weighted by Gasteiger charge is -2.26. The Labute approximate surface area is 125 Å². The Morgan fingerprint density at radius 1 is 1.29 bits per heavy atom. The Hall–Kier alpha value is -2.36. The molecule has 0 aliphatic carbocycles. The molecule has 0 aliphatic rings. The summed E-state index contributed by atoms with van der Waals surface area (Å²) in [5.41, 5.74) is 1.81. The van der Waals surface area contributed by atoms with Gasteiger partial charge in [0.1, 0.15) is 5.75 Å². The summed E-state index contributed by atoms with van der Waals surface area (Å²) in [5.74, 6) is 0.270. The van der Waals surface area contributed by atoms with Crippen molar-refractivity contribution < 1.29 is 9.90 Å². The number of hydrogen-bond acceptors (Lipinski definition) is 3. The minimum Gasteiger partial charge on any atom is -0.508 e. The Morgan fingerprint density at radius 2 is 2.05 bits per heavy atom. The molecule has 1 atom stereocenters. The highest BCUT2D eigenvalue weighted by molar-refractivity contribution is 5.76. The number of amides is 1. The topological polar surface area (TPSA) is 53.4 Å². The average molecular weight is 284 g/mol. The Kier molecular flexibility index (Phi) is 4.93. The molecule has 1 heterocycles. The first-order valence-corrected chi connectivity index (χ1v) is 7.02. The summed E-state index contributed by atoms with van der Waals surface area (Å²) >= 11 is 0. The molecule has 0 fully saturated rings. The molecule has 4 heteroatoms. The van der Waals surface area contributed by atoms with E-state index in [4.69, 9.17) is 0 Å². The van der Waals surface area contributed by atoms with E-state index in [1.54, 1.807) is 36.5 Å². The fourth-order valence-corrected chi connectivity index (χ4v) is 2.24. The third kappa shape index (κ3) is 3.81. The van der Waals surface area contributed by atoms with Crippen molar-refractivity contribution in [2.75, 3.05) is 7.05 Å². The number of benzene rings is 1. The van der Waals surface area contributed by atoms with Crippen LogP contribution in [0.3, 0.4) is 0 Å². The molecule has 110 valence electrons. The number of pyridine rings is 1. The fourth-order valence-electron chi connectivity index (χ4n) is 2.24. The van der Waals surface area contributed by atoms with Crippen LogP contribution < -0.4 is 0 Å². The molecule has 0 saturated carbocycles. The Balaban J connectivity index is 1.97. The van der Waals surface area contributed by atoms with Crippen molar-refractivity contribution in [1.29, 1.82) is 0 Å². The molecular weight excluding hydrogens is 264 g/mol. The molecule has 4 nitrogen and oxygen atoms in total. The first-order valence-electron chi connectivity index (χ1n) is 7.02.